The van der Waals surface area contributed by atoms with Gasteiger partial charge in [0.25, 0.3) is 0 Å². The molecule has 0 aliphatic heterocycles. The van der Waals surface area contributed by atoms with E-state index < -0.39 is 40.7 Å². The number of anilines is 3. The monoisotopic (exact) mass is 631 g/mol. The molecule has 4 rings (SSSR count). The molecular weight excluding hydrogens is 593 g/mol. The first kappa shape index (κ1) is 33.6. The fraction of sp³-hybridized carbons (Fsp3) is 0.303. The number of nitrogens with one attached hydrogen (secondary N) is 5. The Kier molecular flexibility index (Phi) is 9.76. The fourth-order valence-electron chi connectivity index (χ4n) is 5.38. The number of rotatable bonds is 11. The summed E-state index contributed by atoms with van der Waals surface area (Å²) in [6.45, 7) is 8.77. The number of carboxylic acid groups (broad SMARTS) is 1. The third kappa shape index (κ3) is 8.24. The Labute approximate surface area is 265 Å². The number of carbonyl (C=O) groups is 4. The minimum Gasteiger partial charge on any atom is -0.480 e. The summed E-state index contributed by atoms with van der Waals surface area (Å²) in [5.41, 5.74) is 7.29. The van der Waals surface area contributed by atoms with Crippen molar-refractivity contribution in [3.63, 3.8) is 0 Å². The Hall–Kier alpha value is -5.30. The number of aromatic nitrogens is 2. The molecule has 4 amide bonds. The molecule has 0 aliphatic rings. The van der Waals surface area contributed by atoms with E-state index in [-0.39, 0.29) is 24.4 Å². The topological polar surface area (TPSA) is 191 Å². The van der Waals surface area contributed by atoms with E-state index >= 15 is 0 Å². The van der Waals surface area contributed by atoms with Crippen LogP contribution in [0.25, 0.3) is 22.0 Å². The number of urea groups is 1. The predicted molar refractivity (Wildman–Crippen MR) is 175 cm³/mol. The van der Waals surface area contributed by atoms with Crippen LogP contribution in [0.15, 0.2) is 60.7 Å². The van der Waals surface area contributed by atoms with Gasteiger partial charge in [0.15, 0.2) is 5.82 Å². The van der Waals surface area contributed by atoms with Crippen molar-refractivity contribution in [2.24, 2.45) is 11.1 Å². The number of nitrogens with two attached hydrogens (primary N) is 1. The van der Waals surface area contributed by atoms with E-state index in [0.29, 0.717) is 22.4 Å². The Morgan fingerprint density at radius 3 is 2.35 bits per heavy atom. The summed E-state index contributed by atoms with van der Waals surface area (Å²) in [6, 6.07) is 15.1. The summed E-state index contributed by atoms with van der Waals surface area (Å²) in [6.07, 6.45) is -0.154. The molecule has 0 spiro atoms. The maximum Gasteiger partial charge on any atom is 0.323 e. The Morgan fingerprint density at radius 1 is 0.978 bits per heavy atom. The number of aryl methyl sites for hydroxylation is 1. The maximum atomic E-state index is 14.1. The lowest BCUT2D eigenvalue weighted by atomic mass is 9.79. The largest absolute Gasteiger partial charge is 0.480 e. The number of aromatic amines is 1. The number of fused-ring (bicyclic) bond motifs is 1. The first-order valence-corrected chi connectivity index (χ1v) is 14.6. The highest BCUT2D eigenvalue weighted by Crippen LogP contribution is 2.35. The number of halogens is 1. The van der Waals surface area contributed by atoms with E-state index in [1.807, 2.05) is 30.3 Å². The number of nitrogens with zero attached hydrogens (tertiary/aromatic N) is 1. The van der Waals surface area contributed by atoms with Crippen molar-refractivity contribution in [3.8, 4) is 11.1 Å². The minimum absolute atomic E-state index is 0.0762. The first-order chi connectivity index (χ1) is 21.5. The third-order valence-electron chi connectivity index (χ3n) is 7.34. The van der Waals surface area contributed by atoms with Crippen molar-refractivity contribution in [1.82, 2.24) is 15.5 Å². The molecule has 0 radical (unpaired) electrons. The molecule has 12 nitrogen and oxygen atoms in total. The number of amides is 4. The van der Waals surface area contributed by atoms with E-state index in [1.54, 1.807) is 58.9 Å². The maximum absolute atomic E-state index is 14.1. The average molecular weight is 632 g/mol. The summed E-state index contributed by atoms with van der Waals surface area (Å²) in [5.74, 6) is -2.36. The number of hydrogen-bond donors (Lipinski definition) is 7. The van der Waals surface area contributed by atoms with Crippen molar-refractivity contribution in [2.75, 3.05) is 16.0 Å². The van der Waals surface area contributed by atoms with Crippen molar-refractivity contribution in [1.29, 1.82) is 0 Å². The van der Waals surface area contributed by atoms with Gasteiger partial charge in [-0.05, 0) is 74.2 Å². The third-order valence-corrected chi connectivity index (χ3v) is 7.34. The number of hydrogen-bond acceptors (Lipinski definition) is 6. The Balaban J connectivity index is 1.47. The van der Waals surface area contributed by atoms with Gasteiger partial charge in [-0.3, -0.25) is 19.5 Å². The summed E-state index contributed by atoms with van der Waals surface area (Å²) in [7, 11) is 0. The molecule has 0 aliphatic carbocycles. The van der Waals surface area contributed by atoms with Crippen molar-refractivity contribution >= 4 is 51.9 Å². The molecule has 0 saturated carbocycles. The summed E-state index contributed by atoms with van der Waals surface area (Å²) in [5, 5.41) is 27.9. The van der Waals surface area contributed by atoms with Crippen molar-refractivity contribution in [2.45, 2.75) is 59.0 Å². The molecule has 242 valence electrons. The number of aliphatic carboxylic acids is 1. The zero-order valence-corrected chi connectivity index (χ0v) is 26.2. The van der Waals surface area contributed by atoms with Crippen LogP contribution < -0.4 is 27.0 Å². The molecule has 0 bridgehead atoms. The molecule has 4 aromatic rings. The highest BCUT2D eigenvalue weighted by atomic mass is 19.1. The van der Waals surface area contributed by atoms with Crippen LogP contribution in [0.5, 0.6) is 0 Å². The van der Waals surface area contributed by atoms with Gasteiger partial charge in [0, 0.05) is 16.6 Å². The van der Waals surface area contributed by atoms with Gasteiger partial charge < -0.3 is 32.1 Å². The quantitative estimate of drug-likeness (QED) is 0.116. The van der Waals surface area contributed by atoms with E-state index in [9.17, 15) is 23.6 Å². The van der Waals surface area contributed by atoms with E-state index in [2.05, 4.69) is 31.5 Å². The zero-order valence-electron chi connectivity index (χ0n) is 26.2. The molecular formula is C33H38FN7O5. The molecule has 1 heterocycles. The van der Waals surface area contributed by atoms with Crippen LogP contribution >= 0.6 is 0 Å². The fourth-order valence-corrected chi connectivity index (χ4v) is 5.38. The lowest BCUT2D eigenvalue weighted by Gasteiger charge is -2.34. The normalized spacial score (nSPS) is 12.3. The Bertz CT molecular complexity index is 1780. The molecule has 8 N–H and O–H groups in total. The number of carbonyl (C=O) groups excluding carboxylic acids is 3. The van der Waals surface area contributed by atoms with Crippen molar-refractivity contribution in [3.05, 3.63) is 72.0 Å². The van der Waals surface area contributed by atoms with Crippen molar-refractivity contribution < 1.29 is 28.7 Å². The van der Waals surface area contributed by atoms with Crippen LogP contribution in [0.3, 0.4) is 0 Å². The second kappa shape index (κ2) is 13.4. The highest BCUT2D eigenvalue weighted by molar-refractivity contribution is 6.08. The predicted octanol–water partition coefficient (Wildman–Crippen LogP) is 5.37. The van der Waals surface area contributed by atoms with Crippen LogP contribution in [0.2, 0.25) is 0 Å². The summed E-state index contributed by atoms with van der Waals surface area (Å²) in [4.78, 5) is 49.4. The second-order valence-electron chi connectivity index (χ2n) is 12.5. The standard InChI is InChI=1S/C33H38FN7O5/c1-18-9-14-22(34)25(15-18)37-31(46)36-20-12-10-19(11-13-20)21-7-6-8-24-27(21)28(41-40-24)38-30(45)32(2,3)17-33(4,5)39-26(42)16-23(35)29(43)44/h6-15,23H,16-17,35H2,1-5H3,(H,39,42)(H,43,44)(H2,36,37,46)(H2,38,40,41,45). The molecule has 46 heavy (non-hydrogen) atoms. The first-order valence-electron chi connectivity index (χ1n) is 14.6. The van der Waals surface area contributed by atoms with Gasteiger partial charge in [-0.1, -0.05) is 44.2 Å². The zero-order chi connectivity index (χ0) is 33.8. The average Bonchev–Trinajstić information content (AvgIpc) is 3.37. The SMILES string of the molecule is Cc1ccc(F)c(NC(=O)Nc2ccc(-c3cccc4[nH]nc(NC(=O)C(C)(C)CC(C)(C)NC(=O)CC(N)C(=O)O)c34)cc2)c1. The summed E-state index contributed by atoms with van der Waals surface area (Å²) < 4.78 is 14.1. The smallest absolute Gasteiger partial charge is 0.323 e. The number of benzene rings is 3. The van der Waals surface area contributed by atoms with Crippen LogP contribution in [-0.4, -0.2) is 50.7 Å². The molecule has 1 aromatic heterocycles. The number of H-pyrrole nitrogens is 1. The van der Waals surface area contributed by atoms with Gasteiger partial charge in [0.05, 0.1) is 23.0 Å². The molecule has 0 saturated heterocycles. The van der Waals surface area contributed by atoms with E-state index in [4.69, 9.17) is 10.8 Å². The molecule has 1 atom stereocenters. The second-order valence-corrected chi connectivity index (χ2v) is 12.5. The van der Waals surface area contributed by atoms with E-state index in [1.165, 1.54) is 6.07 Å². The van der Waals surface area contributed by atoms with Gasteiger partial charge >= 0.3 is 12.0 Å². The molecule has 0 fully saturated rings. The van der Waals surface area contributed by atoms with Gasteiger partial charge in [0.1, 0.15) is 11.9 Å². The molecule has 13 heteroatoms. The molecule has 1 unspecified atom stereocenters. The van der Waals surface area contributed by atoms with Crippen LogP contribution in [0, 0.1) is 18.2 Å². The van der Waals surface area contributed by atoms with Crippen LogP contribution in [0.1, 0.15) is 46.1 Å². The van der Waals surface area contributed by atoms with Crippen LogP contribution in [0.4, 0.5) is 26.4 Å². The molecule has 3 aromatic carbocycles. The van der Waals surface area contributed by atoms with Gasteiger partial charge in [-0.15, -0.1) is 0 Å². The van der Waals surface area contributed by atoms with E-state index in [0.717, 1.165) is 16.7 Å². The lowest BCUT2D eigenvalue weighted by Crippen LogP contribution is -2.50. The van der Waals surface area contributed by atoms with Gasteiger partial charge in [-0.25, -0.2) is 9.18 Å². The minimum atomic E-state index is -1.32. The van der Waals surface area contributed by atoms with Crippen LogP contribution in [-0.2, 0) is 14.4 Å². The highest BCUT2D eigenvalue weighted by Gasteiger charge is 2.36. The number of carboxylic acids is 1. The van der Waals surface area contributed by atoms with Gasteiger partial charge in [-0.2, -0.15) is 5.10 Å². The lowest BCUT2D eigenvalue weighted by molar-refractivity contribution is -0.140. The summed E-state index contributed by atoms with van der Waals surface area (Å²) >= 11 is 0. The Morgan fingerprint density at radius 2 is 1.67 bits per heavy atom. The van der Waals surface area contributed by atoms with Gasteiger partial charge in [0.2, 0.25) is 11.8 Å².